The van der Waals surface area contributed by atoms with Crippen molar-refractivity contribution >= 4 is 11.6 Å². The molecule has 0 aromatic heterocycles. The Morgan fingerprint density at radius 3 is 2.38 bits per heavy atom. The summed E-state index contributed by atoms with van der Waals surface area (Å²) in [4.78, 5) is 12.4. The number of carbonyl (C=O) groups excluding carboxylic acids is 1. The van der Waals surface area contributed by atoms with Crippen LogP contribution in [0.15, 0.2) is 66.7 Å². The molecule has 132 valence electrons. The molecule has 3 aromatic rings. The highest BCUT2D eigenvalue weighted by Crippen LogP contribution is 2.28. The number of benzene rings is 3. The molecule has 3 heteroatoms. The normalized spacial score (nSPS) is 10.4. The molecule has 0 radical (unpaired) electrons. The summed E-state index contributed by atoms with van der Waals surface area (Å²) in [5, 5.41) is 2.96. The average Bonchev–Trinajstić information content (AvgIpc) is 2.64. The molecule has 0 aliphatic rings. The fourth-order valence-electron chi connectivity index (χ4n) is 2.94. The van der Waals surface area contributed by atoms with Gasteiger partial charge in [0.05, 0.1) is 0 Å². The largest absolute Gasteiger partial charge is 0.483 e. The maximum Gasteiger partial charge on any atom is 0.262 e. The molecule has 3 rings (SSSR count). The lowest BCUT2D eigenvalue weighted by molar-refractivity contribution is -0.118. The number of anilines is 1. The van der Waals surface area contributed by atoms with E-state index in [-0.39, 0.29) is 12.5 Å². The molecule has 0 spiro atoms. The fourth-order valence-corrected chi connectivity index (χ4v) is 2.94. The van der Waals surface area contributed by atoms with E-state index in [0.29, 0.717) is 0 Å². The van der Waals surface area contributed by atoms with Crippen LogP contribution in [-0.4, -0.2) is 12.5 Å². The van der Waals surface area contributed by atoms with Crippen LogP contribution in [0, 0.1) is 20.8 Å². The van der Waals surface area contributed by atoms with E-state index in [1.54, 1.807) is 0 Å². The number of amides is 1. The van der Waals surface area contributed by atoms with Gasteiger partial charge >= 0.3 is 0 Å². The van der Waals surface area contributed by atoms with Gasteiger partial charge in [-0.25, -0.2) is 0 Å². The van der Waals surface area contributed by atoms with E-state index < -0.39 is 0 Å². The van der Waals surface area contributed by atoms with Crippen LogP contribution in [-0.2, 0) is 4.79 Å². The van der Waals surface area contributed by atoms with Crippen molar-refractivity contribution in [2.45, 2.75) is 20.8 Å². The van der Waals surface area contributed by atoms with Gasteiger partial charge in [0.1, 0.15) is 5.75 Å². The van der Waals surface area contributed by atoms with Gasteiger partial charge in [0.25, 0.3) is 5.91 Å². The summed E-state index contributed by atoms with van der Waals surface area (Å²) >= 11 is 0. The maximum atomic E-state index is 12.4. The molecular weight excluding hydrogens is 322 g/mol. The van der Waals surface area contributed by atoms with Gasteiger partial charge in [0.15, 0.2) is 6.61 Å². The van der Waals surface area contributed by atoms with Gasteiger partial charge in [-0.1, -0.05) is 54.6 Å². The SMILES string of the molecule is Cc1cc(C)c(C)c(OCC(=O)Nc2ccccc2-c2ccccc2)c1. The van der Waals surface area contributed by atoms with Crippen molar-refractivity contribution in [2.75, 3.05) is 11.9 Å². The molecule has 0 fully saturated rings. The molecule has 0 atom stereocenters. The third-order valence-corrected chi connectivity index (χ3v) is 4.41. The lowest BCUT2D eigenvalue weighted by Crippen LogP contribution is -2.21. The first kappa shape index (κ1) is 17.7. The Bertz CT molecular complexity index is 917. The van der Waals surface area contributed by atoms with Crippen molar-refractivity contribution in [3.8, 4) is 16.9 Å². The zero-order chi connectivity index (χ0) is 18.5. The van der Waals surface area contributed by atoms with Crippen molar-refractivity contribution in [1.29, 1.82) is 0 Å². The predicted molar refractivity (Wildman–Crippen MR) is 107 cm³/mol. The number of aryl methyl sites for hydroxylation is 2. The Labute approximate surface area is 154 Å². The van der Waals surface area contributed by atoms with E-state index >= 15 is 0 Å². The van der Waals surface area contributed by atoms with Crippen molar-refractivity contribution < 1.29 is 9.53 Å². The van der Waals surface area contributed by atoms with E-state index in [1.807, 2.05) is 81.4 Å². The Balaban J connectivity index is 1.72. The summed E-state index contributed by atoms with van der Waals surface area (Å²) in [6, 6.07) is 21.9. The molecule has 0 bridgehead atoms. The molecule has 0 heterocycles. The minimum Gasteiger partial charge on any atom is -0.483 e. The summed E-state index contributed by atoms with van der Waals surface area (Å²) in [6.07, 6.45) is 0. The Hall–Kier alpha value is -3.07. The second-order valence-electron chi connectivity index (χ2n) is 6.45. The van der Waals surface area contributed by atoms with Crippen molar-refractivity contribution in [1.82, 2.24) is 0 Å². The predicted octanol–water partition coefficient (Wildman–Crippen LogP) is 5.30. The second-order valence-corrected chi connectivity index (χ2v) is 6.45. The molecule has 0 saturated carbocycles. The number of nitrogens with one attached hydrogen (secondary N) is 1. The van der Waals surface area contributed by atoms with Crippen LogP contribution in [0.25, 0.3) is 11.1 Å². The Kier molecular flexibility index (Phi) is 5.37. The molecule has 1 N–H and O–H groups in total. The van der Waals surface area contributed by atoms with Gasteiger partial charge < -0.3 is 10.1 Å². The van der Waals surface area contributed by atoms with Gasteiger partial charge in [-0.15, -0.1) is 0 Å². The van der Waals surface area contributed by atoms with E-state index in [1.165, 1.54) is 0 Å². The number of para-hydroxylation sites is 1. The monoisotopic (exact) mass is 345 g/mol. The standard InChI is InChI=1S/C23H23NO2/c1-16-13-17(2)18(3)22(14-16)26-15-23(25)24-21-12-8-7-11-20(21)19-9-5-4-6-10-19/h4-14H,15H2,1-3H3,(H,24,25). The van der Waals surface area contributed by atoms with Crippen LogP contribution < -0.4 is 10.1 Å². The number of rotatable bonds is 5. The fraction of sp³-hybridized carbons (Fsp3) is 0.174. The first-order valence-corrected chi connectivity index (χ1v) is 8.69. The topological polar surface area (TPSA) is 38.3 Å². The molecule has 0 aliphatic carbocycles. The zero-order valence-corrected chi connectivity index (χ0v) is 15.4. The minimum atomic E-state index is -0.174. The summed E-state index contributed by atoms with van der Waals surface area (Å²) in [6.45, 7) is 6.06. The molecule has 0 saturated heterocycles. The summed E-state index contributed by atoms with van der Waals surface area (Å²) < 4.78 is 5.77. The number of hydrogen-bond acceptors (Lipinski definition) is 2. The van der Waals surface area contributed by atoms with E-state index in [0.717, 1.165) is 39.3 Å². The maximum absolute atomic E-state index is 12.4. The number of hydrogen-bond donors (Lipinski definition) is 1. The van der Waals surface area contributed by atoms with Crippen LogP contribution in [0.4, 0.5) is 5.69 Å². The van der Waals surface area contributed by atoms with Gasteiger partial charge in [0, 0.05) is 11.3 Å². The molecule has 3 nitrogen and oxygen atoms in total. The molecular formula is C23H23NO2. The minimum absolute atomic E-state index is 0.0210. The summed E-state index contributed by atoms with van der Waals surface area (Å²) in [7, 11) is 0. The third kappa shape index (κ3) is 4.12. The van der Waals surface area contributed by atoms with Crippen molar-refractivity contribution in [3.05, 3.63) is 83.4 Å². The zero-order valence-electron chi connectivity index (χ0n) is 15.4. The van der Waals surface area contributed by atoms with Crippen LogP contribution in [0.3, 0.4) is 0 Å². The smallest absolute Gasteiger partial charge is 0.262 e. The van der Waals surface area contributed by atoms with Crippen molar-refractivity contribution in [2.24, 2.45) is 0 Å². The van der Waals surface area contributed by atoms with Crippen LogP contribution in [0.5, 0.6) is 5.75 Å². The molecule has 0 unspecified atom stereocenters. The Morgan fingerprint density at radius 2 is 1.62 bits per heavy atom. The molecule has 0 aliphatic heterocycles. The van der Waals surface area contributed by atoms with E-state index in [9.17, 15) is 4.79 Å². The number of ether oxygens (including phenoxy) is 1. The van der Waals surface area contributed by atoms with Gasteiger partial charge in [-0.2, -0.15) is 0 Å². The lowest BCUT2D eigenvalue weighted by atomic mass is 10.0. The van der Waals surface area contributed by atoms with Crippen LogP contribution >= 0.6 is 0 Å². The van der Waals surface area contributed by atoms with Crippen molar-refractivity contribution in [3.63, 3.8) is 0 Å². The average molecular weight is 345 g/mol. The summed E-state index contributed by atoms with van der Waals surface area (Å²) in [5.74, 6) is 0.584. The molecule has 3 aromatic carbocycles. The number of carbonyl (C=O) groups is 1. The highest BCUT2D eigenvalue weighted by molar-refractivity contribution is 5.96. The van der Waals surface area contributed by atoms with E-state index in [2.05, 4.69) is 11.4 Å². The summed E-state index contributed by atoms with van der Waals surface area (Å²) in [5.41, 5.74) is 6.18. The highest BCUT2D eigenvalue weighted by atomic mass is 16.5. The highest BCUT2D eigenvalue weighted by Gasteiger charge is 2.10. The van der Waals surface area contributed by atoms with Crippen LogP contribution in [0.2, 0.25) is 0 Å². The molecule has 1 amide bonds. The first-order chi connectivity index (χ1) is 12.5. The Morgan fingerprint density at radius 1 is 0.923 bits per heavy atom. The molecule has 26 heavy (non-hydrogen) atoms. The first-order valence-electron chi connectivity index (χ1n) is 8.69. The third-order valence-electron chi connectivity index (χ3n) is 4.41. The quantitative estimate of drug-likeness (QED) is 0.682. The van der Waals surface area contributed by atoms with Gasteiger partial charge in [-0.05, 0) is 55.2 Å². The second kappa shape index (κ2) is 7.87. The lowest BCUT2D eigenvalue weighted by Gasteiger charge is -2.14. The van der Waals surface area contributed by atoms with Gasteiger partial charge in [-0.3, -0.25) is 4.79 Å². The van der Waals surface area contributed by atoms with Gasteiger partial charge in [0.2, 0.25) is 0 Å². The van der Waals surface area contributed by atoms with Crippen LogP contribution in [0.1, 0.15) is 16.7 Å². The van der Waals surface area contributed by atoms with E-state index in [4.69, 9.17) is 4.74 Å².